The Morgan fingerprint density at radius 2 is 1.86 bits per heavy atom. The van der Waals surface area contributed by atoms with Crippen LogP contribution in [0.3, 0.4) is 0 Å². The summed E-state index contributed by atoms with van der Waals surface area (Å²) >= 11 is 1.75. The normalized spacial score (nSPS) is 13.1. The Balaban J connectivity index is 1.39. The van der Waals surface area contributed by atoms with Gasteiger partial charge < -0.3 is 14.9 Å². The second-order valence-corrected chi connectivity index (χ2v) is 11.5. The summed E-state index contributed by atoms with van der Waals surface area (Å²) in [4.78, 5) is 28.9. The number of imidazole rings is 1. The van der Waals surface area contributed by atoms with Gasteiger partial charge in [0.2, 0.25) is 0 Å². The smallest absolute Gasteiger partial charge is 0.259 e. The maximum Gasteiger partial charge on any atom is 0.259 e. The van der Waals surface area contributed by atoms with Gasteiger partial charge in [0.15, 0.2) is 15.0 Å². The summed E-state index contributed by atoms with van der Waals surface area (Å²) in [5.41, 5.74) is 3.41. The summed E-state index contributed by atoms with van der Waals surface area (Å²) in [5, 5.41) is 5.36. The Labute approximate surface area is 210 Å². The third kappa shape index (κ3) is 4.16. The van der Waals surface area contributed by atoms with E-state index in [-0.39, 0.29) is 10.5 Å². The van der Waals surface area contributed by atoms with Crippen molar-refractivity contribution in [1.29, 1.82) is 0 Å². The van der Waals surface area contributed by atoms with Crippen molar-refractivity contribution in [3.8, 4) is 22.5 Å². The van der Waals surface area contributed by atoms with Crippen LogP contribution in [-0.2, 0) is 16.4 Å². The number of H-pyrrole nitrogens is 1. The molecule has 5 aromatic rings. The zero-order valence-corrected chi connectivity index (χ0v) is 20.7. The first-order valence-electron chi connectivity index (χ1n) is 11.1. The number of nitrogens with zero attached hydrogens (tertiary/aromatic N) is 4. The summed E-state index contributed by atoms with van der Waals surface area (Å²) in [6, 6.07) is 12.8. The minimum atomic E-state index is -3.44. The van der Waals surface area contributed by atoms with Gasteiger partial charge >= 0.3 is 0 Å². The molecule has 6 rings (SSSR count). The van der Waals surface area contributed by atoms with Gasteiger partial charge in [-0.1, -0.05) is 23.9 Å². The minimum absolute atomic E-state index is 0.0987. The first-order chi connectivity index (χ1) is 17.3. The molecule has 0 amide bonds. The summed E-state index contributed by atoms with van der Waals surface area (Å²) in [6.07, 6.45) is 7.62. The van der Waals surface area contributed by atoms with E-state index in [4.69, 9.17) is 4.98 Å². The Kier molecular flexibility index (Phi) is 5.38. The Morgan fingerprint density at radius 1 is 1.03 bits per heavy atom. The number of aromatic nitrogens is 5. The van der Waals surface area contributed by atoms with Crippen LogP contribution in [0.2, 0.25) is 0 Å². The van der Waals surface area contributed by atoms with Crippen LogP contribution < -0.4 is 10.9 Å². The summed E-state index contributed by atoms with van der Waals surface area (Å²) in [7, 11) is -3.44. The zero-order valence-electron chi connectivity index (χ0n) is 19.1. The quantitative estimate of drug-likeness (QED) is 0.358. The highest BCUT2D eigenvalue weighted by molar-refractivity contribution is 7.99. The van der Waals surface area contributed by atoms with E-state index >= 15 is 0 Å². The van der Waals surface area contributed by atoms with Gasteiger partial charge in [-0.2, -0.15) is 0 Å². The molecule has 180 valence electrons. The monoisotopic (exact) mass is 516 g/mol. The number of hydrogen-bond acceptors (Lipinski definition) is 8. The van der Waals surface area contributed by atoms with E-state index in [0.717, 1.165) is 40.7 Å². The SMILES string of the molecule is CS(=O)(=O)c1cncc(-c2cc3cc[nH]c(=O)c3c(Nc3ccc(-c4cn5c(n4)SCC5)cc3)n2)c1. The fourth-order valence-electron chi connectivity index (χ4n) is 4.12. The standard InChI is InChI=1S/C25H20N6O3S2/c1-36(33,34)19-10-17(12-26-13-19)20-11-16-6-7-27-24(32)22(16)23(29-20)28-18-4-2-15(3-5-18)21-14-31-8-9-35-25(31)30-21/h2-7,10-14H,8-9H2,1H3,(H,27,32)(H,28,29). The van der Waals surface area contributed by atoms with Crippen LogP contribution in [0, 0.1) is 0 Å². The summed E-state index contributed by atoms with van der Waals surface area (Å²) < 4.78 is 26.2. The molecule has 0 bridgehead atoms. The molecule has 0 aliphatic carbocycles. The number of aromatic amines is 1. The molecular formula is C25H20N6O3S2. The third-order valence-corrected chi connectivity index (χ3v) is 7.99. The molecule has 0 atom stereocenters. The Bertz CT molecular complexity index is 1770. The molecule has 0 spiro atoms. The lowest BCUT2D eigenvalue weighted by molar-refractivity contribution is 0.601. The largest absolute Gasteiger partial charge is 0.340 e. The fourth-order valence-corrected chi connectivity index (χ4v) is 5.66. The number of aryl methyl sites for hydroxylation is 1. The van der Waals surface area contributed by atoms with Crippen LogP contribution in [0.4, 0.5) is 11.5 Å². The second kappa shape index (κ2) is 8.61. The van der Waals surface area contributed by atoms with E-state index in [0.29, 0.717) is 27.8 Å². The number of hydrogen-bond donors (Lipinski definition) is 2. The highest BCUT2D eigenvalue weighted by atomic mass is 32.2. The number of pyridine rings is 3. The molecule has 0 saturated heterocycles. The summed E-state index contributed by atoms with van der Waals surface area (Å²) in [6.45, 7) is 0.971. The van der Waals surface area contributed by atoms with E-state index in [1.165, 1.54) is 12.3 Å². The van der Waals surface area contributed by atoms with Crippen molar-refractivity contribution in [2.75, 3.05) is 17.3 Å². The lowest BCUT2D eigenvalue weighted by Crippen LogP contribution is -2.09. The van der Waals surface area contributed by atoms with Crippen molar-refractivity contribution < 1.29 is 8.42 Å². The van der Waals surface area contributed by atoms with Crippen LogP contribution in [-0.4, -0.2) is 44.9 Å². The number of sulfone groups is 1. The molecule has 9 nitrogen and oxygen atoms in total. The van der Waals surface area contributed by atoms with Crippen molar-refractivity contribution in [3.63, 3.8) is 0 Å². The van der Waals surface area contributed by atoms with Gasteiger partial charge in [0.05, 0.1) is 21.7 Å². The predicted molar refractivity (Wildman–Crippen MR) is 140 cm³/mol. The van der Waals surface area contributed by atoms with Gasteiger partial charge in [-0.25, -0.2) is 18.4 Å². The van der Waals surface area contributed by atoms with Crippen LogP contribution >= 0.6 is 11.8 Å². The van der Waals surface area contributed by atoms with Crippen molar-refractivity contribution in [3.05, 3.63) is 77.6 Å². The topological polar surface area (TPSA) is 123 Å². The Hall–Kier alpha value is -3.96. The van der Waals surface area contributed by atoms with Crippen molar-refractivity contribution in [2.45, 2.75) is 16.6 Å². The highest BCUT2D eigenvalue weighted by Crippen LogP contribution is 2.31. The average Bonchev–Trinajstić information content (AvgIpc) is 3.47. The van der Waals surface area contributed by atoms with E-state index in [1.807, 2.05) is 24.3 Å². The van der Waals surface area contributed by atoms with E-state index in [2.05, 4.69) is 31.0 Å². The van der Waals surface area contributed by atoms with Crippen LogP contribution in [0.1, 0.15) is 0 Å². The maximum absolute atomic E-state index is 12.7. The predicted octanol–water partition coefficient (Wildman–Crippen LogP) is 4.10. The van der Waals surface area contributed by atoms with E-state index < -0.39 is 9.84 Å². The number of rotatable bonds is 5. The lowest BCUT2D eigenvalue weighted by atomic mass is 10.1. The van der Waals surface area contributed by atoms with E-state index in [9.17, 15) is 13.2 Å². The molecule has 5 heterocycles. The molecule has 2 N–H and O–H groups in total. The molecule has 0 fully saturated rings. The number of benzene rings is 1. The van der Waals surface area contributed by atoms with Gasteiger partial charge in [-0.15, -0.1) is 0 Å². The third-order valence-electron chi connectivity index (χ3n) is 5.94. The Morgan fingerprint density at radius 3 is 2.64 bits per heavy atom. The van der Waals surface area contributed by atoms with Crippen LogP contribution in [0.15, 0.2) is 82.1 Å². The second-order valence-electron chi connectivity index (χ2n) is 8.46. The molecule has 0 saturated carbocycles. The molecule has 1 aromatic carbocycles. The van der Waals surface area contributed by atoms with Gasteiger partial charge in [-0.3, -0.25) is 9.78 Å². The average molecular weight is 517 g/mol. The minimum Gasteiger partial charge on any atom is -0.340 e. The number of thioether (sulfide) groups is 1. The summed E-state index contributed by atoms with van der Waals surface area (Å²) in [5.74, 6) is 1.42. The highest BCUT2D eigenvalue weighted by Gasteiger charge is 2.16. The van der Waals surface area contributed by atoms with Crippen LogP contribution in [0.25, 0.3) is 33.3 Å². The number of nitrogens with one attached hydrogen (secondary N) is 2. The zero-order chi connectivity index (χ0) is 24.9. The van der Waals surface area contributed by atoms with Gasteiger partial charge in [0, 0.05) is 60.2 Å². The number of anilines is 2. The molecule has 1 aliphatic heterocycles. The molecule has 1 aliphatic rings. The first kappa shape index (κ1) is 22.5. The molecule has 0 unspecified atom stereocenters. The van der Waals surface area contributed by atoms with Crippen molar-refractivity contribution in [1.82, 2.24) is 24.5 Å². The van der Waals surface area contributed by atoms with Crippen molar-refractivity contribution in [2.24, 2.45) is 0 Å². The van der Waals surface area contributed by atoms with Gasteiger partial charge in [-0.05, 0) is 35.7 Å². The molecular weight excluding hydrogens is 496 g/mol. The maximum atomic E-state index is 12.7. The van der Waals surface area contributed by atoms with Crippen LogP contribution in [0.5, 0.6) is 0 Å². The molecule has 11 heteroatoms. The number of fused-ring (bicyclic) bond motifs is 2. The molecule has 4 aromatic heterocycles. The van der Waals surface area contributed by atoms with Gasteiger partial charge in [0.25, 0.3) is 5.56 Å². The van der Waals surface area contributed by atoms with Crippen molar-refractivity contribution >= 4 is 43.9 Å². The first-order valence-corrected chi connectivity index (χ1v) is 14.0. The molecule has 36 heavy (non-hydrogen) atoms. The van der Waals surface area contributed by atoms with E-state index in [1.54, 1.807) is 36.3 Å². The lowest BCUT2D eigenvalue weighted by Gasteiger charge is -2.12. The fraction of sp³-hybridized carbons (Fsp3) is 0.120. The molecule has 0 radical (unpaired) electrons. The van der Waals surface area contributed by atoms with Gasteiger partial charge in [0.1, 0.15) is 5.82 Å².